The van der Waals surface area contributed by atoms with Gasteiger partial charge in [0, 0.05) is 18.8 Å². The fraction of sp³-hybridized carbons (Fsp3) is 0.421. The van der Waals surface area contributed by atoms with Crippen LogP contribution in [0.5, 0.6) is 0 Å². The Kier molecular flexibility index (Phi) is 5.55. The summed E-state index contributed by atoms with van der Waals surface area (Å²) < 4.78 is 4.84. The number of aromatic nitrogens is 2. The average Bonchev–Trinajstić information content (AvgIpc) is 2.69. The summed E-state index contributed by atoms with van der Waals surface area (Å²) in [6, 6.07) is 8.10. The molecule has 1 fully saturated rings. The van der Waals surface area contributed by atoms with Crippen molar-refractivity contribution in [3.63, 3.8) is 0 Å². The molecule has 1 saturated heterocycles. The Balaban J connectivity index is 1.77. The van der Waals surface area contributed by atoms with Gasteiger partial charge in [-0.15, -0.1) is 0 Å². The number of anilines is 4. The Labute approximate surface area is 153 Å². The van der Waals surface area contributed by atoms with Gasteiger partial charge < -0.3 is 20.7 Å². The molecule has 1 aromatic heterocycles. The molecule has 0 aliphatic carbocycles. The Morgan fingerprint density at radius 2 is 2.04 bits per heavy atom. The third kappa shape index (κ3) is 3.71. The fourth-order valence-electron chi connectivity index (χ4n) is 3.31. The Bertz CT molecular complexity index is 772. The summed E-state index contributed by atoms with van der Waals surface area (Å²) >= 11 is 0. The second kappa shape index (κ2) is 8.03. The first-order valence-corrected chi connectivity index (χ1v) is 8.92. The third-order valence-corrected chi connectivity index (χ3v) is 4.84. The molecule has 2 aromatic rings. The van der Waals surface area contributed by atoms with E-state index in [1.165, 1.54) is 19.0 Å². The molecular formula is C19H25N5O2. The molecule has 3 N–H and O–H groups in total. The normalized spacial score (nSPS) is 14.9. The van der Waals surface area contributed by atoms with Crippen LogP contribution in [0, 0.1) is 5.92 Å². The Morgan fingerprint density at radius 1 is 1.31 bits per heavy atom. The van der Waals surface area contributed by atoms with Crippen molar-refractivity contribution in [3.05, 3.63) is 36.2 Å². The molecule has 138 valence electrons. The Morgan fingerprint density at radius 3 is 2.73 bits per heavy atom. The van der Waals surface area contributed by atoms with Gasteiger partial charge in [0.05, 0.1) is 13.0 Å². The zero-order chi connectivity index (χ0) is 18.5. The first-order chi connectivity index (χ1) is 12.6. The molecule has 0 spiro atoms. The van der Waals surface area contributed by atoms with E-state index in [0.717, 1.165) is 24.9 Å². The van der Waals surface area contributed by atoms with Crippen LogP contribution in [0.25, 0.3) is 0 Å². The highest BCUT2D eigenvalue weighted by Gasteiger charge is 2.27. The number of ether oxygens (including phenoxy) is 1. The number of methoxy groups -OCH3 is 1. The van der Waals surface area contributed by atoms with E-state index in [1.54, 1.807) is 0 Å². The molecule has 2 heterocycles. The van der Waals surface area contributed by atoms with Crippen molar-refractivity contribution in [1.29, 1.82) is 0 Å². The maximum absolute atomic E-state index is 11.7. The van der Waals surface area contributed by atoms with Crippen molar-refractivity contribution >= 4 is 29.0 Å². The van der Waals surface area contributed by atoms with Gasteiger partial charge in [-0.3, -0.25) is 4.79 Å². The zero-order valence-corrected chi connectivity index (χ0v) is 15.2. The lowest BCUT2D eigenvalue weighted by atomic mass is 9.97. The van der Waals surface area contributed by atoms with E-state index in [1.807, 2.05) is 18.2 Å². The second-order valence-corrected chi connectivity index (χ2v) is 6.38. The minimum absolute atomic E-state index is 0.0478. The molecule has 1 aliphatic rings. The summed E-state index contributed by atoms with van der Waals surface area (Å²) in [6.07, 6.45) is 3.91. The maximum atomic E-state index is 11.7. The molecule has 26 heavy (non-hydrogen) atoms. The van der Waals surface area contributed by atoms with Crippen LogP contribution in [0.1, 0.15) is 25.3 Å². The van der Waals surface area contributed by atoms with Gasteiger partial charge in [0.25, 0.3) is 0 Å². The van der Waals surface area contributed by atoms with Gasteiger partial charge in [0.15, 0.2) is 11.6 Å². The van der Waals surface area contributed by atoms with E-state index in [2.05, 4.69) is 33.2 Å². The van der Waals surface area contributed by atoms with Crippen LogP contribution >= 0.6 is 0 Å². The lowest BCUT2D eigenvalue weighted by molar-refractivity contribution is -0.146. The molecule has 7 nitrogen and oxygen atoms in total. The van der Waals surface area contributed by atoms with Crippen molar-refractivity contribution < 1.29 is 9.53 Å². The lowest BCUT2D eigenvalue weighted by Gasteiger charge is -2.32. The minimum Gasteiger partial charge on any atom is -0.469 e. The van der Waals surface area contributed by atoms with E-state index in [9.17, 15) is 4.79 Å². The third-order valence-electron chi connectivity index (χ3n) is 4.84. The number of hydrogen-bond acceptors (Lipinski definition) is 7. The lowest BCUT2D eigenvalue weighted by Crippen LogP contribution is -2.37. The summed E-state index contributed by atoms with van der Waals surface area (Å²) in [5.41, 5.74) is 9.07. The van der Waals surface area contributed by atoms with Crippen molar-refractivity contribution in [1.82, 2.24) is 9.97 Å². The summed E-state index contributed by atoms with van der Waals surface area (Å²) in [7, 11) is 1.43. The largest absolute Gasteiger partial charge is 0.469 e. The number of nitrogens with one attached hydrogen (secondary N) is 1. The number of nitrogen functional groups attached to an aromatic ring is 1. The van der Waals surface area contributed by atoms with Crippen LogP contribution in [-0.4, -0.2) is 36.1 Å². The molecule has 0 amide bonds. The van der Waals surface area contributed by atoms with E-state index < -0.39 is 0 Å². The monoisotopic (exact) mass is 355 g/mol. The van der Waals surface area contributed by atoms with Gasteiger partial charge in [-0.2, -0.15) is 0 Å². The van der Waals surface area contributed by atoms with Crippen LogP contribution < -0.4 is 16.0 Å². The van der Waals surface area contributed by atoms with Crippen molar-refractivity contribution in [2.24, 2.45) is 5.92 Å². The SMILES string of the molecule is CCc1ccccc1Nc1ncnc(N2CCC(C(=O)OC)CC2)c1N. The average molecular weight is 355 g/mol. The number of aryl methyl sites for hydroxylation is 1. The first kappa shape index (κ1) is 18.0. The standard InChI is InChI=1S/C19H25N5O2/c1-3-13-6-4-5-7-15(13)23-17-16(20)18(22-12-21-17)24-10-8-14(9-11-24)19(25)26-2/h4-7,12,14H,3,8-11,20H2,1-2H3,(H,21,22,23). The number of rotatable bonds is 5. The maximum Gasteiger partial charge on any atom is 0.308 e. The first-order valence-electron chi connectivity index (χ1n) is 8.92. The molecule has 1 aromatic carbocycles. The van der Waals surface area contributed by atoms with Crippen LogP contribution in [-0.2, 0) is 16.0 Å². The van der Waals surface area contributed by atoms with Gasteiger partial charge in [0.2, 0.25) is 0 Å². The summed E-state index contributed by atoms with van der Waals surface area (Å²) in [5, 5.41) is 3.33. The van der Waals surface area contributed by atoms with E-state index >= 15 is 0 Å². The number of benzene rings is 1. The number of esters is 1. The molecule has 0 bridgehead atoms. The quantitative estimate of drug-likeness (QED) is 0.797. The van der Waals surface area contributed by atoms with Gasteiger partial charge in [0.1, 0.15) is 12.0 Å². The van der Waals surface area contributed by atoms with Gasteiger partial charge in [-0.05, 0) is 30.9 Å². The molecule has 0 saturated carbocycles. The van der Waals surface area contributed by atoms with Gasteiger partial charge >= 0.3 is 5.97 Å². The predicted molar refractivity (Wildman–Crippen MR) is 103 cm³/mol. The Hall–Kier alpha value is -2.83. The second-order valence-electron chi connectivity index (χ2n) is 6.38. The number of nitrogens with zero attached hydrogens (tertiary/aromatic N) is 3. The van der Waals surface area contributed by atoms with E-state index in [-0.39, 0.29) is 11.9 Å². The number of para-hydroxylation sites is 1. The summed E-state index contributed by atoms with van der Waals surface area (Å²) in [4.78, 5) is 22.5. The van der Waals surface area contributed by atoms with Crippen LogP contribution in [0.2, 0.25) is 0 Å². The molecular weight excluding hydrogens is 330 g/mol. The molecule has 1 aliphatic heterocycles. The molecule has 7 heteroatoms. The van der Waals surface area contributed by atoms with E-state index in [4.69, 9.17) is 10.5 Å². The van der Waals surface area contributed by atoms with Crippen LogP contribution in [0.15, 0.2) is 30.6 Å². The number of carbonyl (C=O) groups is 1. The van der Waals surface area contributed by atoms with Crippen molar-refractivity contribution in [2.45, 2.75) is 26.2 Å². The summed E-state index contributed by atoms with van der Waals surface area (Å²) in [6.45, 7) is 3.54. The minimum atomic E-state index is -0.140. The van der Waals surface area contributed by atoms with Crippen molar-refractivity contribution in [3.8, 4) is 0 Å². The molecule has 0 atom stereocenters. The van der Waals surface area contributed by atoms with Crippen LogP contribution in [0.3, 0.4) is 0 Å². The number of nitrogens with two attached hydrogens (primary N) is 1. The number of piperidine rings is 1. The number of carbonyl (C=O) groups excluding carboxylic acids is 1. The van der Waals surface area contributed by atoms with Gasteiger partial charge in [-0.25, -0.2) is 9.97 Å². The van der Waals surface area contributed by atoms with Crippen molar-refractivity contribution in [2.75, 3.05) is 36.1 Å². The smallest absolute Gasteiger partial charge is 0.308 e. The highest BCUT2D eigenvalue weighted by Crippen LogP contribution is 2.32. The van der Waals surface area contributed by atoms with Crippen LogP contribution in [0.4, 0.5) is 23.0 Å². The number of hydrogen-bond donors (Lipinski definition) is 2. The van der Waals surface area contributed by atoms with E-state index in [0.29, 0.717) is 30.4 Å². The molecule has 0 radical (unpaired) electrons. The predicted octanol–water partition coefficient (Wildman–Crippen LogP) is 2.75. The summed E-state index contributed by atoms with van der Waals surface area (Å²) in [5.74, 6) is 1.12. The molecule has 3 rings (SSSR count). The topological polar surface area (TPSA) is 93.4 Å². The fourth-order valence-corrected chi connectivity index (χ4v) is 3.31. The zero-order valence-electron chi connectivity index (χ0n) is 15.2. The molecule has 0 unspecified atom stereocenters. The highest BCUT2D eigenvalue weighted by molar-refractivity contribution is 5.79. The highest BCUT2D eigenvalue weighted by atomic mass is 16.5. The van der Waals surface area contributed by atoms with Gasteiger partial charge in [-0.1, -0.05) is 25.1 Å².